The van der Waals surface area contributed by atoms with Crippen molar-refractivity contribution in [1.82, 2.24) is 9.97 Å². The molecule has 0 bridgehead atoms. The summed E-state index contributed by atoms with van der Waals surface area (Å²) >= 11 is 8.28. The highest BCUT2D eigenvalue weighted by atomic mass is 35.5. The lowest BCUT2D eigenvalue weighted by molar-refractivity contribution is 0.471. The fourth-order valence-corrected chi connectivity index (χ4v) is 3.65. The van der Waals surface area contributed by atoms with Crippen LogP contribution in [0.15, 0.2) is 0 Å². The van der Waals surface area contributed by atoms with E-state index in [0.29, 0.717) is 11.2 Å². The molecule has 1 aromatic heterocycles. The molecule has 2 unspecified atom stereocenters. The molecule has 0 spiro atoms. The molecule has 0 radical (unpaired) electrons. The van der Waals surface area contributed by atoms with Crippen LogP contribution in [-0.4, -0.2) is 27.5 Å². The summed E-state index contributed by atoms with van der Waals surface area (Å²) in [4.78, 5) is 9.17. The van der Waals surface area contributed by atoms with Gasteiger partial charge in [0.2, 0.25) is 0 Å². The third-order valence-electron chi connectivity index (χ3n) is 4.06. The van der Waals surface area contributed by atoms with E-state index < -0.39 is 0 Å². The van der Waals surface area contributed by atoms with Gasteiger partial charge in [-0.1, -0.05) is 38.8 Å². The van der Waals surface area contributed by atoms with Gasteiger partial charge in [0.15, 0.2) is 0 Å². The average molecular weight is 328 g/mol. The van der Waals surface area contributed by atoms with E-state index in [1.165, 1.54) is 25.7 Å². The van der Waals surface area contributed by atoms with Gasteiger partial charge in [-0.25, -0.2) is 9.97 Å². The number of nitrogens with one attached hydrogen (secondary N) is 1. The molecule has 1 fully saturated rings. The minimum atomic E-state index is -0.0951. The summed E-state index contributed by atoms with van der Waals surface area (Å²) in [6.07, 6.45) is 7.23. The van der Waals surface area contributed by atoms with Crippen LogP contribution >= 0.6 is 23.4 Å². The van der Waals surface area contributed by atoms with E-state index in [9.17, 15) is 0 Å². The highest BCUT2D eigenvalue weighted by Crippen LogP contribution is 2.31. The standard InChI is InChI=1S/C16H26ClN3S/c1-10-13(17)19-15(16(2,3)4)20-14(10)18-11-7-6-8-12(9-11)21-5/h11-12H,6-9H2,1-5H3,(H,18,19,20). The van der Waals surface area contributed by atoms with E-state index in [1.807, 2.05) is 18.7 Å². The first kappa shape index (κ1) is 16.9. The Balaban J connectivity index is 2.21. The lowest BCUT2D eigenvalue weighted by Crippen LogP contribution is -2.30. The zero-order chi connectivity index (χ0) is 15.6. The van der Waals surface area contributed by atoms with Crippen molar-refractivity contribution in [1.29, 1.82) is 0 Å². The zero-order valence-corrected chi connectivity index (χ0v) is 15.2. The van der Waals surface area contributed by atoms with Gasteiger partial charge < -0.3 is 5.32 Å². The van der Waals surface area contributed by atoms with Crippen LogP contribution in [0.5, 0.6) is 0 Å². The first-order chi connectivity index (χ1) is 9.81. The third-order valence-corrected chi connectivity index (χ3v) is 5.52. The molecule has 3 nitrogen and oxygen atoms in total. The summed E-state index contributed by atoms with van der Waals surface area (Å²) in [5, 5.41) is 4.94. The van der Waals surface area contributed by atoms with Crippen molar-refractivity contribution in [3.63, 3.8) is 0 Å². The fraction of sp³-hybridized carbons (Fsp3) is 0.750. The van der Waals surface area contributed by atoms with Crippen LogP contribution in [0.3, 0.4) is 0 Å². The number of nitrogens with zero attached hydrogens (tertiary/aromatic N) is 2. The van der Waals surface area contributed by atoms with Crippen molar-refractivity contribution < 1.29 is 0 Å². The molecule has 1 aliphatic rings. The van der Waals surface area contributed by atoms with Crippen LogP contribution in [0.4, 0.5) is 5.82 Å². The largest absolute Gasteiger partial charge is 0.367 e. The molecular weight excluding hydrogens is 302 g/mol. The van der Waals surface area contributed by atoms with Gasteiger partial charge in [-0.15, -0.1) is 0 Å². The Morgan fingerprint density at radius 3 is 2.57 bits per heavy atom. The highest BCUT2D eigenvalue weighted by Gasteiger charge is 2.24. The minimum absolute atomic E-state index is 0.0951. The molecule has 118 valence electrons. The normalized spacial score (nSPS) is 23.1. The Kier molecular flexibility index (Phi) is 5.42. The Hall–Kier alpha value is -0.480. The van der Waals surface area contributed by atoms with Crippen LogP contribution in [0, 0.1) is 6.92 Å². The summed E-state index contributed by atoms with van der Waals surface area (Å²) in [6.45, 7) is 8.33. The molecule has 0 aromatic carbocycles. The summed E-state index contributed by atoms with van der Waals surface area (Å²) in [7, 11) is 0. The molecule has 1 aromatic rings. The molecule has 2 rings (SSSR count). The Labute approximate surface area is 137 Å². The second-order valence-electron chi connectivity index (χ2n) is 6.93. The van der Waals surface area contributed by atoms with Crippen LogP contribution in [0.2, 0.25) is 5.15 Å². The van der Waals surface area contributed by atoms with Gasteiger partial charge in [0.1, 0.15) is 16.8 Å². The van der Waals surface area contributed by atoms with Crippen LogP contribution in [0.25, 0.3) is 0 Å². The maximum absolute atomic E-state index is 6.30. The number of aromatic nitrogens is 2. The van der Waals surface area contributed by atoms with Crippen LogP contribution < -0.4 is 5.32 Å². The molecule has 0 aliphatic heterocycles. The summed E-state index contributed by atoms with van der Waals surface area (Å²) in [6, 6.07) is 0.494. The minimum Gasteiger partial charge on any atom is -0.367 e. The topological polar surface area (TPSA) is 37.8 Å². The number of rotatable bonds is 3. The smallest absolute Gasteiger partial charge is 0.137 e. The molecule has 21 heavy (non-hydrogen) atoms. The predicted octanol–water partition coefficient (Wildman–Crippen LogP) is 4.82. The predicted molar refractivity (Wildman–Crippen MR) is 93.7 cm³/mol. The van der Waals surface area contributed by atoms with E-state index in [-0.39, 0.29) is 5.41 Å². The maximum atomic E-state index is 6.30. The van der Waals surface area contributed by atoms with E-state index in [1.54, 1.807) is 0 Å². The van der Waals surface area contributed by atoms with Crippen molar-refractivity contribution in [2.75, 3.05) is 11.6 Å². The number of hydrogen-bond acceptors (Lipinski definition) is 4. The number of hydrogen-bond donors (Lipinski definition) is 1. The Morgan fingerprint density at radius 1 is 1.24 bits per heavy atom. The maximum Gasteiger partial charge on any atom is 0.137 e. The van der Waals surface area contributed by atoms with Gasteiger partial charge in [0.05, 0.1) is 0 Å². The molecule has 0 amide bonds. The first-order valence-electron chi connectivity index (χ1n) is 7.65. The molecule has 1 saturated carbocycles. The first-order valence-corrected chi connectivity index (χ1v) is 9.31. The third kappa shape index (κ3) is 4.26. The van der Waals surface area contributed by atoms with Gasteiger partial charge in [0.25, 0.3) is 0 Å². The highest BCUT2D eigenvalue weighted by molar-refractivity contribution is 7.99. The fourth-order valence-electron chi connectivity index (χ4n) is 2.65. The second kappa shape index (κ2) is 6.74. The van der Waals surface area contributed by atoms with Crippen LogP contribution in [0.1, 0.15) is 57.8 Å². The van der Waals surface area contributed by atoms with E-state index in [0.717, 1.165) is 22.5 Å². The number of halogens is 1. The van der Waals surface area contributed by atoms with Crippen molar-refractivity contribution in [2.24, 2.45) is 0 Å². The molecule has 1 N–H and O–H groups in total. The number of anilines is 1. The molecule has 0 saturated heterocycles. The summed E-state index contributed by atoms with van der Waals surface area (Å²) < 4.78 is 0. The van der Waals surface area contributed by atoms with Crippen molar-refractivity contribution in [3.8, 4) is 0 Å². The molecule has 1 heterocycles. The quantitative estimate of drug-likeness (QED) is 0.807. The zero-order valence-electron chi connectivity index (χ0n) is 13.7. The Bertz CT molecular complexity index is 499. The van der Waals surface area contributed by atoms with E-state index >= 15 is 0 Å². The molecule has 1 aliphatic carbocycles. The summed E-state index contributed by atoms with van der Waals surface area (Å²) in [5.74, 6) is 1.71. The Morgan fingerprint density at radius 2 is 1.95 bits per heavy atom. The summed E-state index contributed by atoms with van der Waals surface area (Å²) in [5.41, 5.74) is 0.859. The van der Waals surface area contributed by atoms with Gasteiger partial charge in [0, 0.05) is 22.3 Å². The SMILES string of the molecule is CSC1CCCC(Nc2nc(C(C)(C)C)nc(Cl)c2C)C1. The average Bonchev–Trinajstić information content (AvgIpc) is 2.42. The van der Waals surface area contributed by atoms with Gasteiger partial charge >= 0.3 is 0 Å². The second-order valence-corrected chi connectivity index (χ2v) is 8.42. The van der Waals surface area contributed by atoms with E-state index in [2.05, 4.69) is 37.3 Å². The van der Waals surface area contributed by atoms with E-state index in [4.69, 9.17) is 16.6 Å². The van der Waals surface area contributed by atoms with Crippen molar-refractivity contribution >= 4 is 29.2 Å². The van der Waals surface area contributed by atoms with Gasteiger partial charge in [-0.3, -0.25) is 0 Å². The molecule has 5 heteroatoms. The van der Waals surface area contributed by atoms with Crippen molar-refractivity contribution in [3.05, 3.63) is 16.5 Å². The molecule has 2 atom stereocenters. The number of thioether (sulfide) groups is 1. The lowest BCUT2D eigenvalue weighted by atomic mass is 9.94. The van der Waals surface area contributed by atoms with Gasteiger partial charge in [-0.05, 0) is 32.4 Å². The van der Waals surface area contributed by atoms with Crippen molar-refractivity contribution in [2.45, 2.75) is 70.1 Å². The molecular formula is C16H26ClN3S. The van der Waals surface area contributed by atoms with Crippen LogP contribution in [-0.2, 0) is 5.41 Å². The lowest BCUT2D eigenvalue weighted by Gasteiger charge is -2.30. The van der Waals surface area contributed by atoms with Gasteiger partial charge in [-0.2, -0.15) is 11.8 Å². The monoisotopic (exact) mass is 327 g/mol.